The minimum absolute atomic E-state index is 0.878. The molecule has 3 nitrogen and oxygen atoms in total. The molecule has 3 heteroatoms. The molecule has 0 fully saturated rings. The summed E-state index contributed by atoms with van der Waals surface area (Å²) in [5.74, 6) is 0. The fourth-order valence-corrected chi connectivity index (χ4v) is 7.62. The van der Waals surface area contributed by atoms with Gasteiger partial charge in [0.05, 0.1) is 0 Å². The molecular weight excluding hydrogens is 623 g/mol. The zero-order valence-electron chi connectivity index (χ0n) is 27.9. The molecule has 1 aliphatic rings. The summed E-state index contributed by atoms with van der Waals surface area (Å²) < 4.78 is 12.6. The van der Waals surface area contributed by atoms with Gasteiger partial charge in [-0.1, -0.05) is 103 Å². The van der Waals surface area contributed by atoms with Crippen LogP contribution in [0.1, 0.15) is 18.4 Å². The molecule has 51 heavy (non-hydrogen) atoms. The van der Waals surface area contributed by atoms with E-state index in [-0.39, 0.29) is 0 Å². The molecule has 2 aromatic heterocycles. The number of allylic oxidation sites excluding steroid dienone is 4. The maximum Gasteiger partial charge on any atom is 0.136 e. The van der Waals surface area contributed by atoms with Crippen LogP contribution in [0, 0.1) is 0 Å². The second kappa shape index (κ2) is 12.1. The molecule has 1 aliphatic carbocycles. The number of hydrogen-bond donors (Lipinski definition) is 0. The molecule has 0 unspecified atom stereocenters. The van der Waals surface area contributed by atoms with Gasteiger partial charge in [0.1, 0.15) is 22.3 Å². The zero-order valence-corrected chi connectivity index (χ0v) is 27.9. The Hall–Kier alpha value is -6.58. The monoisotopic (exact) mass is 655 g/mol. The third-order valence-electron chi connectivity index (χ3n) is 10.2. The second-order valence-electron chi connectivity index (χ2n) is 13.2. The summed E-state index contributed by atoms with van der Waals surface area (Å²) in [7, 11) is 0. The van der Waals surface area contributed by atoms with E-state index in [1.54, 1.807) is 0 Å². The number of furan rings is 2. The quantitative estimate of drug-likeness (QED) is 0.179. The van der Waals surface area contributed by atoms with E-state index in [1.807, 2.05) is 24.3 Å². The highest BCUT2D eigenvalue weighted by Crippen LogP contribution is 2.43. The van der Waals surface area contributed by atoms with Crippen LogP contribution in [0.2, 0.25) is 0 Å². The van der Waals surface area contributed by atoms with E-state index < -0.39 is 0 Å². The molecule has 0 N–H and O–H groups in total. The molecule has 0 spiro atoms. The fourth-order valence-electron chi connectivity index (χ4n) is 7.62. The number of anilines is 3. The second-order valence-corrected chi connectivity index (χ2v) is 13.2. The van der Waals surface area contributed by atoms with Crippen LogP contribution < -0.4 is 4.90 Å². The molecule has 10 rings (SSSR count). The van der Waals surface area contributed by atoms with Crippen molar-refractivity contribution < 1.29 is 8.83 Å². The summed E-state index contributed by atoms with van der Waals surface area (Å²) >= 11 is 0. The van der Waals surface area contributed by atoms with Gasteiger partial charge in [-0.2, -0.15) is 0 Å². The molecule has 0 saturated heterocycles. The first-order valence-corrected chi connectivity index (χ1v) is 17.6. The number of fused-ring (bicyclic) bond motifs is 6. The first kappa shape index (κ1) is 29.3. The van der Waals surface area contributed by atoms with Gasteiger partial charge in [0, 0.05) is 38.6 Å². The van der Waals surface area contributed by atoms with Gasteiger partial charge in [0.15, 0.2) is 0 Å². The third-order valence-corrected chi connectivity index (χ3v) is 10.2. The fraction of sp³-hybridized carbons (Fsp3) is 0.0417. The van der Waals surface area contributed by atoms with Crippen LogP contribution in [-0.2, 0) is 0 Å². The molecule has 0 bridgehead atoms. The van der Waals surface area contributed by atoms with Crippen LogP contribution >= 0.6 is 0 Å². The lowest BCUT2D eigenvalue weighted by molar-refractivity contribution is 0.668. The average Bonchev–Trinajstić information content (AvgIpc) is 3.76. The summed E-state index contributed by atoms with van der Waals surface area (Å²) in [5.41, 5.74) is 14.1. The first-order chi connectivity index (χ1) is 25.3. The normalized spacial score (nSPS) is 13.0. The molecule has 0 radical (unpaired) electrons. The molecule has 0 saturated carbocycles. The van der Waals surface area contributed by atoms with Crippen molar-refractivity contribution in [1.29, 1.82) is 0 Å². The summed E-state index contributed by atoms with van der Waals surface area (Å²) in [6, 6.07) is 56.1. The van der Waals surface area contributed by atoms with Gasteiger partial charge in [-0.25, -0.2) is 0 Å². The van der Waals surface area contributed by atoms with Crippen molar-refractivity contribution >= 4 is 66.5 Å². The number of hydrogen-bond acceptors (Lipinski definition) is 3. The van der Waals surface area contributed by atoms with E-state index in [1.165, 1.54) is 11.1 Å². The average molecular weight is 656 g/mol. The van der Waals surface area contributed by atoms with E-state index in [0.717, 1.165) is 96.0 Å². The van der Waals surface area contributed by atoms with Crippen LogP contribution in [0.15, 0.2) is 185 Å². The Kier molecular flexibility index (Phi) is 6.95. The molecule has 0 aliphatic heterocycles. The van der Waals surface area contributed by atoms with Gasteiger partial charge in [-0.3, -0.25) is 0 Å². The number of benzene rings is 7. The van der Waals surface area contributed by atoms with Crippen molar-refractivity contribution in [3.8, 4) is 22.3 Å². The Bertz CT molecular complexity index is 2780. The van der Waals surface area contributed by atoms with Crippen LogP contribution in [0.3, 0.4) is 0 Å². The highest BCUT2D eigenvalue weighted by molar-refractivity contribution is 6.10. The Morgan fingerprint density at radius 1 is 0.412 bits per heavy atom. The molecular formula is C48H33NO2. The molecule has 7 aromatic carbocycles. The van der Waals surface area contributed by atoms with Crippen molar-refractivity contribution in [2.75, 3.05) is 4.90 Å². The van der Waals surface area contributed by atoms with Gasteiger partial charge >= 0.3 is 0 Å². The maximum absolute atomic E-state index is 6.42. The Balaban J connectivity index is 1.10. The minimum Gasteiger partial charge on any atom is -0.456 e. The Labute approximate surface area is 296 Å². The van der Waals surface area contributed by atoms with Crippen LogP contribution in [0.5, 0.6) is 0 Å². The highest BCUT2D eigenvalue weighted by atomic mass is 16.3. The molecule has 0 amide bonds. The third kappa shape index (κ3) is 5.14. The minimum atomic E-state index is 0.878. The summed E-state index contributed by atoms with van der Waals surface area (Å²) in [4.78, 5) is 2.32. The lowest BCUT2D eigenvalue weighted by Gasteiger charge is -2.26. The standard InChI is InChI=1S/C48H33NO2/c1-3-11-32(12-4-1)33-19-24-37(25-20-33)49(36-13-5-2-6-14-36)38-26-21-34(22-27-38)42-31-48-44(40-16-8-10-18-46(40)51-48)30-41(42)35-23-28-47-43(29-35)39-15-7-9-17-45(39)50-47/h1-3,5-11,13-31H,4,12H2. The van der Waals surface area contributed by atoms with E-state index in [9.17, 15) is 0 Å². The van der Waals surface area contributed by atoms with Gasteiger partial charge in [0.25, 0.3) is 0 Å². The van der Waals surface area contributed by atoms with E-state index in [0.29, 0.717) is 0 Å². The van der Waals surface area contributed by atoms with E-state index >= 15 is 0 Å². The summed E-state index contributed by atoms with van der Waals surface area (Å²) in [6.45, 7) is 0. The smallest absolute Gasteiger partial charge is 0.136 e. The van der Waals surface area contributed by atoms with Crippen LogP contribution in [-0.4, -0.2) is 0 Å². The molecule has 9 aromatic rings. The summed E-state index contributed by atoms with van der Waals surface area (Å²) in [5, 5.41) is 4.46. The van der Waals surface area contributed by atoms with Crippen molar-refractivity contribution in [2.24, 2.45) is 0 Å². The topological polar surface area (TPSA) is 29.5 Å². The van der Waals surface area contributed by atoms with E-state index in [2.05, 4.69) is 157 Å². The number of para-hydroxylation sites is 3. The summed E-state index contributed by atoms with van der Waals surface area (Å²) in [6.07, 6.45) is 8.80. The largest absolute Gasteiger partial charge is 0.456 e. The highest BCUT2D eigenvalue weighted by Gasteiger charge is 2.18. The SMILES string of the molecule is C1=CCCC(c2ccc(N(c3ccccc3)c3ccc(-c4cc5oc6ccccc6c5cc4-c4ccc5oc6ccccc6c5c4)cc3)cc2)=C1. The van der Waals surface area contributed by atoms with E-state index in [4.69, 9.17) is 8.83 Å². The van der Waals surface area contributed by atoms with Crippen molar-refractivity contribution in [3.05, 3.63) is 182 Å². The predicted molar refractivity (Wildman–Crippen MR) is 213 cm³/mol. The molecule has 2 heterocycles. The van der Waals surface area contributed by atoms with Gasteiger partial charge in [0.2, 0.25) is 0 Å². The van der Waals surface area contributed by atoms with Crippen molar-refractivity contribution in [1.82, 2.24) is 0 Å². The Morgan fingerprint density at radius 2 is 0.961 bits per heavy atom. The maximum atomic E-state index is 6.42. The van der Waals surface area contributed by atoms with Crippen LogP contribution in [0.25, 0.3) is 71.7 Å². The number of rotatable bonds is 6. The zero-order chi connectivity index (χ0) is 33.7. The van der Waals surface area contributed by atoms with Gasteiger partial charge in [-0.05, 0) is 119 Å². The molecule has 0 atom stereocenters. The number of nitrogens with zero attached hydrogens (tertiary/aromatic N) is 1. The van der Waals surface area contributed by atoms with Gasteiger partial charge < -0.3 is 13.7 Å². The molecule has 242 valence electrons. The lowest BCUT2D eigenvalue weighted by Crippen LogP contribution is -2.09. The Morgan fingerprint density at radius 3 is 1.65 bits per heavy atom. The first-order valence-electron chi connectivity index (χ1n) is 17.6. The van der Waals surface area contributed by atoms with Crippen molar-refractivity contribution in [3.63, 3.8) is 0 Å². The lowest BCUT2D eigenvalue weighted by atomic mass is 9.92. The van der Waals surface area contributed by atoms with Gasteiger partial charge in [-0.15, -0.1) is 0 Å². The van der Waals surface area contributed by atoms with Crippen LogP contribution in [0.4, 0.5) is 17.1 Å². The predicted octanol–water partition coefficient (Wildman–Crippen LogP) is 14.0. The van der Waals surface area contributed by atoms with Crippen molar-refractivity contribution in [2.45, 2.75) is 12.8 Å².